The van der Waals surface area contributed by atoms with Crippen molar-refractivity contribution in [2.75, 3.05) is 13.1 Å². The second-order valence-corrected chi connectivity index (χ2v) is 7.06. The van der Waals surface area contributed by atoms with E-state index in [4.69, 9.17) is 0 Å². The molecule has 130 valence electrons. The molecule has 4 heteroatoms. The molecule has 0 aliphatic carbocycles. The van der Waals surface area contributed by atoms with Gasteiger partial charge < -0.3 is 9.80 Å². The number of carbonyl (C=O) groups is 1. The van der Waals surface area contributed by atoms with Gasteiger partial charge in [-0.3, -0.25) is 4.98 Å². The Hall–Kier alpha value is -2.36. The summed E-state index contributed by atoms with van der Waals surface area (Å²) in [5.41, 5.74) is 3.88. The number of amides is 2. The Morgan fingerprint density at radius 3 is 2.60 bits per heavy atom. The fourth-order valence-corrected chi connectivity index (χ4v) is 4.11. The zero-order chi connectivity index (χ0) is 17.1. The molecule has 1 aromatic heterocycles. The summed E-state index contributed by atoms with van der Waals surface area (Å²) in [5, 5.41) is 0. The van der Waals surface area contributed by atoms with Crippen molar-refractivity contribution in [2.45, 2.75) is 44.7 Å². The molecule has 0 bridgehead atoms. The van der Waals surface area contributed by atoms with Crippen LogP contribution in [-0.4, -0.2) is 33.9 Å². The third-order valence-electron chi connectivity index (χ3n) is 5.49. The van der Waals surface area contributed by atoms with Crippen molar-refractivity contribution < 1.29 is 4.79 Å². The van der Waals surface area contributed by atoms with Crippen molar-refractivity contribution in [3.8, 4) is 0 Å². The number of fused-ring (bicyclic) bond motifs is 1. The van der Waals surface area contributed by atoms with Crippen LogP contribution in [0.25, 0.3) is 0 Å². The highest BCUT2D eigenvalue weighted by Crippen LogP contribution is 2.31. The Labute approximate surface area is 149 Å². The molecule has 1 fully saturated rings. The van der Waals surface area contributed by atoms with Gasteiger partial charge in [-0.05, 0) is 48.1 Å². The molecule has 1 atom stereocenters. The lowest BCUT2D eigenvalue weighted by Gasteiger charge is -2.37. The molecule has 1 saturated heterocycles. The smallest absolute Gasteiger partial charge is 0.320 e. The molecular weight excluding hydrogens is 310 g/mol. The maximum atomic E-state index is 13.3. The molecule has 1 unspecified atom stereocenters. The van der Waals surface area contributed by atoms with E-state index in [0.717, 1.165) is 38.9 Å². The summed E-state index contributed by atoms with van der Waals surface area (Å²) in [6.45, 7) is 2.40. The third kappa shape index (κ3) is 3.39. The molecule has 2 amide bonds. The van der Waals surface area contributed by atoms with Gasteiger partial charge in [-0.1, -0.05) is 37.1 Å². The first kappa shape index (κ1) is 16.1. The summed E-state index contributed by atoms with van der Waals surface area (Å²) in [5.74, 6) is 0. The monoisotopic (exact) mass is 335 g/mol. The number of hydrogen-bond acceptors (Lipinski definition) is 2. The largest absolute Gasteiger partial charge is 0.320 e. The first-order chi connectivity index (χ1) is 12.3. The maximum absolute atomic E-state index is 13.3. The molecule has 2 aliphatic heterocycles. The van der Waals surface area contributed by atoms with Crippen LogP contribution in [0.3, 0.4) is 0 Å². The number of aromatic nitrogens is 1. The van der Waals surface area contributed by atoms with Crippen LogP contribution in [0.2, 0.25) is 0 Å². The number of hydrogen-bond donors (Lipinski definition) is 0. The highest BCUT2D eigenvalue weighted by atomic mass is 16.2. The van der Waals surface area contributed by atoms with Crippen molar-refractivity contribution in [1.82, 2.24) is 14.8 Å². The number of nitrogens with zero attached hydrogens (tertiary/aromatic N) is 3. The van der Waals surface area contributed by atoms with Gasteiger partial charge >= 0.3 is 6.03 Å². The summed E-state index contributed by atoms with van der Waals surface area (Å²) in [6, 6.07) is 13.0. The zero-order valence-corrected chi connectivity index (χ0v) is 14.6. The molecule has 0 saturated carbocycles. The van der Waals surface area contributed by atoms with Crippen LogP contribution in [0.15, 0.2) is 48.8 Å². The topological polar surface area (TPSA) is 36.4 Å². The van der Waals surface area contributed by atoms with Crippen molar-refractivity contribution >= 4 is 6.03 Å². The predicted molar refractivity (Wildman–Crippen MR) is 98.1 cm³/mol. The summed E-state index contributed by atoms with van der Waals surface area (Å²) in [4.78, 5) is 21.6. The van der Waals surface area contributed by atoms with E-state index in [9.17, 15) is 4.79 Å². The number of rotatable bonds is 1. The number of urea groups is 1. The molecular formula is C21H25N3O. The Bertz CT molecular complexity index is 731. The maximum Gasteiger partial charge on any atom is 0.320 e. The molecule has 0 spiro atoms. The summed E-state index contributed by atoms with van der Waals surface area (Å²) < 4.78 is 0. The minimum atomic E-state index is 0.176. The van der Waals surface area contributed by atoms with Crippen LogP contribution in [0.4, 0.5) is 4.79 Å². The number of carbonyl (C=O) groups excluding carboxylic acids is 1. The summed E-state index contributed by atoms with van der Waals surface area (Å²) in [6.07, 6.45) is 9.14. The van der Waals surface area contributed by atoms with Gasteiger partial charge in [0.05, 0.1) is 6.04 Å². The van der Waals surface area contributed by atoms with E-state index >= 15 is 0 Å². The fourth-order valence-electron chi connectivity index (χ4n) is 4.11. The number of pyridine rings is 1. The quantitative estimate of drug-likeness (QED) is 0.784. The molecule has 4 nitrogen and oxygen atoms in total. The van der Waals surface area contributed by atoms with Crippen LogP contribution < -0.4 is 0 Å². The Balaban J connectivity index is 1.57. The van der Waals surface area contributed by atoms with E-state index in [1.807, 2.05) is 17.3 Å². The predicted octanol–water partition coefficient (Wildman–Crippen LogP) is 4.18. The van der Waals surface area contributed by atoms with E-state index in [1.54, 1.807) is 0 Å². The third-order valence-corrected chi connectivity index (χ3v) is 5.49. The van der Waals surface area contributed by atoms with Crippen LogP contribution in [0.1, 0.15) is 48.4 Å². The van der Waals surface area contributed by atoms with Gasteiger partial charge in [-0.2, -0.15) is 0 Å². The van der Waals surface area contributed by atoms with Gasteiger partial charge in [-0.25, -0.2) is 4.79 Å². The lowest BCUT2D eigenvalue weighted by atomic mass is 9.99. The molecule has 0 N–H and O–H groups in total. The Morgan fingerprint density at radius 1 is 0.960 bits per heavy atom. The minimum Gasteiger partial charge on any atom is -0.320 e. The van der Waals surface area contributed by atoms with Crippen molar-refractivity contribution in [3.05, 3.63) is 65.5 Å². The van der Waals surface area contributed by atoms with Gasteiger partial charge in [0.15, 0.2) is 0 Å². The SMILES string of the molecule is O=C(N1CCc2ccccc2C1)N1CCCCCC1c1ccncc1. The average molecular weight is 335 g/mol. The molecule has 4 rings (SSSR count). The van der Waals surface area contributed by atoms with Gasteiger partial charge in [0.2, 0.25) is 0 Å². The average Bonchev–Trinajstić information content (AvgIpc) is 2.94. The highest BCUT2D eigenvalue weighted by Gasteiger charge is 2.31. The second-order valence-electron chi connectivity index (χ2n) is 7.06. The van der Waals surface area contributed by atoms with Crippen LogP contribution in [-0.2, 0) is 13.0 Å². The molecule has 2 aromatic rings. The standard InChI is InChI=1S/C21H25N3O/c25-21(23-15-11-17-6-3-4-7-19(17)16-23)24-14-5-1-2-8-20(24)18-9-12-22-13-10-18/h3-4,6-7,9-10,12-13,20H,1-2,5,8,11,14-16H2. The van der Waals surface area contributed by atoms with E-state index < -0.39 is 0 Å². The van der Waals surface area contributed by atoms with Crippen LogP contribution in [0.5, 0.6) is 0 Å². The zero-order valence-electron chi connectivity index (χ0n) is 14.6. The second kappa shape index (κ2) is 7.26. The fraction of sp³-hybridized carbons (Fsp3) is 0.429. The molecule has 0 radical (unpaired) electrons. The summed E-state index contributed by atoms with van der Waals surface area (Å²) in [7, 11) is 0. The van der Waals surface area contributed by atoms with Crippen molar-refractivity contribution in [1.29, 1.82) is 0 Å². The molecule has 1 aromatic carbocycles. The summed E-state index contributed by atoms with van der Waals surface area (Å²) >= 11 is 0. The van der Waals surface area contributed by atoms with E-state index in [2.05, 4.69) is 46.3 Å². The van der Waals surface area contributed by atoms with Crippen molar-refractivity contribution in [2.24, 2.45) is 0 Å². The van der Waals surface area contributed by atoms with Gasteiger partial charge in [0.1, 0.15) is 0 Å². The highest BCUT2D eigenvalue weighted by molar-refractivity contribution is 5.75. The van der Waals surface area contributed by atoms with Crippen LogP contribution >= 0.6 is 0 Å². The number of likely N-dealkylation sites (tertiary alicyclic amines) is 1. The van der Waals surface area contributed by atoms with E-state index in [-0.39, 0.29) is 12.1 Å². The van der Waals surface area contributed by atoms with Gasteiger partial charge in [0, 0.05) is 32.0 Å². The molecule has 3 heterocycles. The van der Waals surface area contributed by atoms with Gasteiger partial charge in [-0.15, -0.1) is 0 Å². The van der Waals surface area contributed by atoms with E-state index in [1.165, 1.54) is 29.5 Å². The number of benzene rings is 1. The lowest BCUT2D eigenvalue weighted by Crippen LogP contribution is -2.46. The molecule has 25 heavy (non-hydrogen) atoms. The Morgan fingerprint density at radius 2 is 1.76 bits per heavy atom. The normalized spacial score (nSPS) is 20.7. The minimum absolute atomic E-state index is 0.176. The van der Waals surface area contributed by atoms with Crippen molar-refractivity contribution in [3.63, 3.8) is 0 Å². The van der Waals surface area contributed by atoms with Gasteiger partial charge in [0.25, 0.3) is 0 Å². The van der Waals surface area contributed by atoms with E-state index in [0.29, 0.717) is 0 Å². The first-order valence-electron chi connectivity index (χ1n) is 9.35. The molecule has 2 aliphatic rings. The first-order valence-corrected chi connectivity index (χ1v) is 9.35. The Kier molecular flexibility index (Phi) is 4.68. The lowest BCUT2D eigenvalue weighted by molar-refractivity contribution is 0.129. The van der Waals surface area contributed by atoms with Crippen LogP contribution in [0, 0.1) is 0 Å².